The van der Waals surface area contributed by atoms with Gasteiger partial charge in [0.05, 0.1) is 11.1 Å². The summed E-state index contributed by atoms with van der Waals surface area (Å²) in [6.07, 6.45) is 7.41. The maximum atomic E-state index is 12.4. The number of pyridine rings is 2. The molecule has 1 aliphatic rings. The molecular weight excluding hydrogens is 452 g/mol. The highest BCUT2D eigenvalue weighted by atomic mass is 16.6. The average molecular weight is 483 g/mol. The second-order valence-corrected chi connectivity index (χ2v) is 8.03. The lowest BCUT2D eigenvalue weighted by Crippen LogP contribution is -2.47. The number of anilines is 2. The number of esters is 2. The first kappa shape index (κ1) is 25.7. The molecule has 186 valence electrons. The number of unbranched alkanes of at least 4 members (excludes halogenated alkanes) is 1. The van der Waals surface area contributed by atoms with Crippen LogP contribution in [0.1, 0.15) is 47.4 Å². The van der Waals surface area contributed by atoms with Crippen LogP contribution >= 0.6 is 0 Å². The molecule has 2 aromatic heterocycles. The third-order valence-electron chi connectivity index (χ3n) is 5.47. The van der Waals surface area contributed by atoms with Crippen molar-refractivity contribution in [2.24, 2.45) is 0 Å². The van der Waals surface area contributed by atoms with Crippen molar-refractivity contribution in [3.05, 3.63) is 59.9 Å². The second-order valence-electron chi connectivity index (χ2n) is 8.03. The first-order valence-electron chi connectivity index (χ1n) is 11.6. The van der Waals surface area contributed by atoms with Crippen molar-refractivity contribution in [3.63, 3.8) is 0 Å². The minimum atomic E-state index is -1.02. The van der Waals surface area contributed by atoms with Crippen molar-refractivity contribution in [2.75, 3.05) is 42.6 Å². The van der Waals surface area contributed by atoms with E-state index in [-0.39, 0.29) is 17.7 Å². The van der Waals surface area contributed by atoms with E-state index in [1.54, 1.807) is 30.3 Å². The summed E-state index contributed by atoms with van der Waals surface area (Å²) in [5.74, 6) is -0.798. The molecule has 1 aliphatic heterocycles. The molecule has 35 heavy (non-hydrogen) atoms. The monoisotopic (exact) mass is 482 g/mol. The molecule has 0 radical (unpaired) electrons. The number of carbonyl (C=O) groups excluding carboxylic acids is 2. The van der Waals surface area contributed by atoms with Crippen LogP contribution in [0.25, 0.3) is 0 Å². The molecule has 3 rings (SSSR count). The third kappa shape index (κ3) is 7.26. The molecular formula is C25H30N4O6. The van der Waals surface area contributed by atoms with E-state index in [9.17, 15) is 14.4 Å². The zero-order valence-corrected chi connectivity index (χ0v) is 19.9. The highest BCUT2D eigenvalue weighted by molar-refractivity contribution is 5.91. The van der Waals surface area contributed by atoms with Gasteiger partial charge in [-0.1, -0.05) is 25.5 Å². The number of hydrogen-bond donors (Lipinski definition) is 1. The molecule has 3 heterocycles. The lowest BCUT2D eigenvalue weighted by atomic mass is 10.2. The van der Waals surface area contributed by atoms with E-state index < -0.39 is 24.0 Å². The van der Waals surface area contributed by atoms with Crippen LogP contribution in [0.15, 0.2) is 48.8 Å². The van der Waals surface area contributed by atoms with Crippen LogP contribution in [0.4, 0.5) is 11.6 Å². The van der Waals surface area contributed by atoms with Gasteiger partial charge in [-0.25, -0.2) is 24.4 Å². The highest BCUT2D eigenvalue weighted by Crippen LogP contribution is 2.18. The van der Waals surface area contributed by atoms with Gasteiger partial charge in [-0.3, -0.25) is 0 Å². The zero-order chi connectivity index (χ0) is 25.2. The van der Waals surface area contributed by atoms with Crippen molar-refractivity contribution >= 4 is 29.5 Å². The normalized spacial score (nSPS) is 14.6. The van der Waals surface area contributed by atoms with Gasteiger partial charge in [-0.05, 0) is 37.6 Å². The van der Waals surface area contributed by atoms with E-state index in [4.69, 9.17) is 14.6 Å². The van der Waals surface area contributed by atoms with Crippen molar-refractivity contribution in [2.45, 2.75) is 32.8 Å². The maximum Gasteiger partial charge on any atom is 0.347 e. The van der Waals surface area contributed by atoms with E-state index in [2.05, 4.69) is 26.7 Å². The molecule has 0 aliphatic carbocycles. The first-order valence-corrected chi connectivity index (χ1v) is 11.6. The minimum absolute atomic E-state index is 0.147. The fourth-order valence-corrected chi connectivity index (χ4v) is 3.44. The molecule has 1 N–H and O–H groups in total. The first-order chi connectivity index (χ1) is 16.9. The summed E-state index contributed by atoms with van der Waals surface area (Å²) in [6.45, 7) is 6.44. The Morgan fingerprint density at radius 3 is 2.03 bits per heavy atom. The Kier molecular flexibility index (Phi) is 9.16. The molecule has 1 saturated heterocycles. The molecule has 0 aromatic carbocycles. The molecule has 2 aromatic rings. The Bertz CT molecular complexity index is 1030. The lowest BCUT2D eigenvalue weighted by Gasteiger charge is -2.36. The van der Waals surface area contributed by atoms with Gasteiger partial charge >= 0.3 is 17.9 Å². The number of ether oxygens (including phenoxy) is 2. The predicted octanol–water partition coefficient (Wildman–Crippen LogP) is 2.95. The number of aromatic nitrogens is 2. The SMILES string of the molecule is CCC/C=C/COC(=O)[C@H](C)OC(=O)c1ccc(N2CCN(c3ccc(C(=O)O)cn3)CC2)nc1. The van der Waals surface area contributed by atoms with Crippen LogP contribution in [0.3, 0.4) is 0 Å². The number of carbonyl (C=O) groups is 3. The van der Waals surface area contributed by atoms with Crippen LogP contribution in [0.2, 0.25) is 0 Å². The molecule has 0 amide bonds. The molecule has 0 saturated carbocycles. The summed E-state index contributed by atoms with van der Waals surface area (Å²) in [7, 11) is 0. The summed E-state index contributed by atoms with van der Waals surface area (Å²) in [5, 5.41) is 9.00. The minimum Gasteiger partial charge on any atom is -0.478 e. The predicted molar refractivity (Wildman–Crippen MR) is 130 cm³/mol. The van der Waals surface area contributed by atoms with Gasteiger partial charge in [0.15, 0.2) is 6.10 Å². The number of hydrogen-bond acceptors (Lipinski definition) is 9. The molecule has 0 spiro atoms. The van der Waals surface area contributed by atoms with Crippen LogP contribution in [0, 0.1) is 0 Å². The number of aromatic carboxylic acids is 1. The largest absolute Gasteiger partial charge is 0.478 e. The molecule has 10 heteroatoms. The Hall–Kier alpha value is -3.95. The van der Waals surface area contributed by atoms with Crippen molar-refractivity contribution in [1.82, 2.24) is 9.97 Å². The fraction of sp³-hybridized carbons (Fsp3) is 0.400. The second kappa shape index (κ2) is 12.5. The van der Waals surface area contributed by atoms with Crippen molar-refractivity contribution in [3.8, 4) is 0 Å². The Morgan fingerprint density at radius 2 is 1.54 bits per heavy atom. The summed E-state index contributed by atoms with van der Waals surface area (Å²) >= 11 is 0. The third-order valence-corrected chi connectivity index (χ3v) is 5.47. The quantitative estimate of drug-likeness (QED) is 0.399. The van der Waals surface area contributed by atoms with E-state index in [1.165, 1.54) is 19.3 Å². The number of carboxylic acids is 1. The number of allylic oxidation sites excluding steroid dienone is 1. The van der Waals surface area contributed by atoms with Crippen LogP contribution in [-0.4, -0.2) is 71.9 Å². The number of carboxylic acid groups (broad SMARTS) is 1. The maximum absolute atomic E-state index is 12.4. The molecule has 10 nitrogen and oxygen atoms in total. The van der Waals surface area contributed by atoms with E-state index in [1.807, 2.05) is 6.08 Å². The van der Waals surface area contributed by atoms with Crippen molar-refractivity contribution < 1.29 is 29.0 Å². The van der Waals surface area contributed by atoms with Gasteiger partial charge in [-0.2, -0.15) is 0 Å². The lowest BCUT2D eigenvalue weighted by molar-refractivity contribution is -0.151. The van der Waals surface area contributed by atoms with Gasteiger partial charge in [0.2, 0.25) is 0 Å². The topological polar surface area (TPSA) is 122 Å². The van der Waals surface area contributed by atoms with Gasteiger partial charge in [-0.15, -0.1) is 0 Å². The molecule has 1 fully saturated rings. The molecule has 0 bridgehead atoms. The van der Waals surface area contributed by atoms with E-state index in [0.717, 1.165) is 24.5 Å². The summed E-state index contributed by atoms with van der Waals surface area (Å²) < 4.78 is 10.3. The Morgan fingerprint density at radius 1 is 0.971 bits per heavy atom. The van der Waals surface area contributed by atoms with E-state index >= 15 is 0 Å². The number of rotatable bonds is 10. The number of nitrogens with zero attached hydrogens (tertiary/aromatic N) is 4. The summed E-state index contributed by atoms with van der Waals surface area (Å²) in [6, 6.07) is 6.61. The average Bonchev–Trinajstić information content (AvgIpc) is 2.88. The van der Waals surface area contributed by atoms with Gasteiger partial charge in [0.1, 0.15) is 18.2 Å². The van der Waals surface area contributed by atoms with E-state index in [0.29, 0.717) is 26.2 Å². The Labute approximate surface area is 204 Å². The number of piperazine rings is 1. The van der Waals surface area contributed by atoms with Gasteiger partial charge < -0.3 is 24.4 Å². The van der Waals surface area contributed by atoms with Crippen LogP contribution < -0.4 is 9.80 Å². The van der Waals surface area contributed by atoms with Gasteiger partial charge in [0.25, 0.3) is 0 Å². The standard InChI is InChI=1S/C25H30N4O6/c1-3-4-5-6-15-34-24(32)18(2)35-25(33)20-8-10-22(27-17-20)29-13-11-28(12-14-29)21-9-7-19(16-26-21)23(30)31/h5-10,16-18H,3-4,11-15H2,1-2H3,(H,30,31)/b6-5+/t18-/m0/s1. The van der Waals surface area contributed by atoms with Crippen molar-refractivity contribution in [1.29, 1.82) is 0 Å². The zero-order valence-electron chi connectivity index (χ0n) is 19.9. The molecule has 0 unspecified atom stereocenters. The van der Waals surface area contributed by atoms with Gasteiger partial charge in [0, 0.05) is 38.6 Å². The van der Waals surface area contributed by atoms with Crippen LogP contribution in [0.5, 0.6) is 0 Å². The Balaban J connectivity index is 1.47. The van der Waals surface area contributed by atoms with Crippen LogP contribution in [-0.2, 0) is 14.3 Å². The smallest absolute Gasteiger partial charge is 0.347 e. The fourth-order valence-electron chi connectivity index (χ4n) is 3.44. The summed E-state index contributed by atoms with van der Waals surface area (Å²) in [4.78, 5) is 48.1. The summed E-state index contributed by atoms with van der Waals surface area (Å²) in [5.41, 5.74) is 0.402. The molecule has 1 atom stereocenters. The highest BCUT2D eigenvalue weighted by Gasteiger charge is 2.22.